The summed E-state index contributed by atoms with van der Waals surface area (Å²) in [5.41, 5.74) is -1.11. The van der Waals surface area contributed by atoms with Gasteiger partial charge in [-0.25, -0.2) is 18.2 Å². The highest BCUT2D eigenvalue weighted by Crippen LogP contribution is 2.19. The van der Waals surface area contributed by atoms with Crippen molar-refractivity contribution in [3.63, 3.8) is 0 Å². The maximum absolute atomic E-state index is 13.1. The molecule has 1 N–H and O–H groups in total. The normalized spacial score (nSPS) is 14.1. The molecule has 32 heavy (non-hydrogen) atoms. The first-order valence-electron chi connectivity index (χ1n) is 9.83. The second-order valence-electron chi connectivity index (χ2n) is 7.47. The predicted molar refractivity (Wildman–Crippen MR) is 119 cm³/mol. The highest BCUT2D eigenvalue weighted by atomic mass is 35.5. The van der Waals surface area contributed by atoms with E-state index in [9.17, 15) is 22.8 Å². The standard InChI is InChI=1S/C20H20ClN5O5S/c1-24-16-6-5-14(32(30,31)23-17-7-4-13(21)11-22-17)10-15(16)19(28)26(20(24)29)12-18(27)25-8-2-3-9-25/h4-7,10-11H,2-3,8-9,12H2,1H3,(H,22,23). The first kappa shape index (κ1) is 22.0. The van der Waals surface area contributed by atoms with Crippen molar-refractivity contribution in [1.29, 1.82) is 0 Å². The molecular formula is C20H20ClN5O5S. The molecule has 0 spiro atoms. The van der Waals surface area contributed by atoms with Gasteiger partial charge in [-0.3, -0.25) is 23.4 Å². The third kappa shape index (κ3) is 4.13. The first-order valence-corrected chi connectivity index (χ1v) is 11.7. The summed E-state index contributed by atoms with van der Waals surface area (Å²) >= 11 is 5.77. The lowest BCUT2D eigenvalue weighted by atomic mass is 10.2. The van der Waals surface area contributed by atoms with Gasteiger partial charge in [0.25, 0.3) is 15.6 Å². The Bertz CT molecular complexity index is 1420. The molecule has 0 unspecified atom stereocenters. The molecule has 0 bridgehead atoms. The highest BCUT2D eigenvalue weighted by Gasteiger charge is 2.22. The van der Waals surface area contributed by atoms with Crippen LogP contribution in [0.3, 0.4) is 0 Å². The van der Waals surface area contributed by atoms with Crippen LogP contribution in [0, 0.1) is 0 Å². The molecule has 0 aliphatic carbocycles. The van der Waals surface area contributed by atoms with Crippen LogP contribution in [0.25, 0.3) is 10.9 Å². The Morgan fingerprint density at radius 3 is 2.53 bits per heavy atom. The average Bonchev–Trinajstić information content (AvgIpc) is 3.31. The van der Waals surface area contributed by atoms with E-state index in [2.05, 4.69) is 9.71 Å². The summed E-state index contributed by atoms with van der Waals surface area (Å²) in [5, 5.41) is 0.358. The van der Waals surface area contributed by atoms with E-state index in [0.717, 1.165) is 17.4 Å². The minimum Gasteiger partial charge on any atom is -0.341 e. The van der Waals surface area contributed by atoms with Crippen LogP contribution in [0.2, 0.25) is 5.02 Å². The van der Waals surface area contributed by atoms with Crippen molar-refractivity contribution in [2.24, 2.45) is 7.05 Å². The number of nitrogens with zero attached hydrogens (tertiary/aromatic N) is 4. The number of likely N-dealkylation sites (tertiary alicyclic amines) is 1. The number of pyridine rings is 1. The van der Waals surface area contributed by atoms with Gasteiger partial charge in [-0.15, -0.1) is 0 Å². The van der Waals surface area contributed by atoms with Crippen molar-refractivity contribution in [2.75, 3.05) is 17.8 Å². The lowest BCUT2D eigenvalue weighted by molar-refractivity contribution is -0.130. The number of aromatic nitrogens is 3. The van der Waals surface area contributed by atoms with Crippen molar-refractivity contribution < 1.29 is 13.2 Å². The molecule has 12 heteroatoms. The molecule has 1 aliphatic rings. The average molecular weight is 478 g/mol. The third-order valence-corrected chi connectivity index (χ3v) is 6.93. The van der Waals surface area contributed by atoms with Crippen LogP contribution >= 0.6 is 11.6 Å². The van der Waals surface area contributed by atoms with E-state index >= 15 is 0 Å². The van der Waals surface area contributed by atoms with Gasteiger partial charge in [-0.05, 0) is 43.2 Å². The van der Waals surface area contributed by atoms with Gasteiger partial charge in [0.2, 0.25) is 5.91 Å². The minimum absolute atomic E-state index is 0.00765. The number of anilines is 1. The van der Waals surface area contributed by atoms with Crippen LogP contribution in [-0.4, -0.2) is 46.4 Å². The second kappa shape index (κ2) is 8.40. The predicted octanol–water partition coefficient (Wildman–Crippen LogP) is 1.17. The number of carbonyl (C=O) groups is 1. The number of carbonyl (C=O) groups excluding carboxylic acids is 1. The van der Waals surface area contributed by atoms with Gasteiger partial charge < -0.3 is 4.90 Å². The molecule has 168 valence electrons. The minimum atomic E-state index is -4.07. The summed E-state index contributed by atoms with van der Waals surface area (Å²) in [7, 11) is -2.61. The molecule has 10 nitrogen and oxygen atoms in total. The highest BCUT2D eigenvalue weighted by molar-refractivity contribution is 7.92. The molecule has 0 saturated carbocycles. The maximum atomic E-state index is 13.1. The lowest BCUT2D eigenvalue weighted by Crippen LogP contribution is -2.43. The van der Waals surface area contributed by atoms with Gasteiger partial charge >= 0.3 is 5.69 Å². The zero-order chi connectivity index (χ0) is 23.0. The number of hydrogen-bond acceptors (Lipinski definition) is 6. The molecule has 0 atom stereocenters. The Kier molecular flexibility index (Phi) is 5.78. The number of nitrogens with one attached hydrogen (secondary N) is 1. The maximum Gasteiger partial charge on any atom is 0.331 e. The van der Waals surface area contributed by atoms with E-state index in [4.69, 9.17) is 11.6 Å². The van der Waals surface area contributed by atoms with E-state index < -0.39 is 27.8 Å². The molecule has 1 fully saturated rings. The van der Waals surface area contributed by atoms with Gasteiger partial charge in [0.05, 0.1) is 20.8 Å². The summed E-state index contributed by atoms with van der Waals surface area (Å²) < 4.78 is 30.0. The Labute approximate surface area is 188 Å². The van der Waals surface area contributed by atoms with Crippen molar-refractivity contribution in [1.82, 2.24) is 19.0 Å². The number of benzene rings is 1. The molecular weight excluding hydrogens is 458 g/mol. The SMILES string of the molecule is Cn1c(=O)n(CC(=O)N2CCCC2)c(=O)c2cc(S(=O)(=O)Nc3ccc(Cl)cn3)ccc21. The zero-order valence-electron chi connectivity index (χ0n) is 17.1. The zero-order valence-corrected chi connectivity index (χ0v) is 18.7. The molecule has 4 rings (SSSR count). The monoisotopic (exact) mass is 477 g/mol. The fourth-order valence-corrected chi connectivity index (χ4v) is 4.78. The molecule has 2 aromatic heterocycles. The molecule has 1 aromatic carbocycles. The smallest absolute Gasteiger partial charge is 0.331 e. The summed E-state index contributed by atoms with van der Waals surface area (Å²) in [6, 6.07) is 6.75. The molecule has 1 aliphatic heterocycles. The number of hydrogen-bond donors (Lipinski definition) is 1. The van der Waals surface area contributed by atoms with Crippen molar-refractivity contribution in [3.8, 4) is 0 Å². The van der Waals surface area contributed by atoms with E-state index in [1.807, 2.05) is 0 Å². The van der Waals surface area contributed by atoms with Crippen LogP contribution in [0.5, 0.6) is 0 Å². The summed E-state index contributed by atoms with van der Waals surface area (Å²) in [6.45, 7) is 0.786. The lowest BCUT2D eigenvalue weighted by Gasteiger charge is -2.17. The van der Waals surface area contributed by atoms with Crippen LogP contribution < -0.4 is 16.0 Å². The van der Waals surface area contributed by atoms with Gasteiger partial charge in [-0.2, -0.15) is 0 Å². The largest absolute Gasteiger partial charge is 0.341 e. The number of aryl methyl sites for hydroxylation is 1. The summed E-state index contributed by atoms with van der Waals surface area (Å²) in [5.74, 6) is -0.260. The topological polar surface area (TPSA) is 123 Å². The Morgan fingerprint density at radius 2 is 1.88 bits per heavy atom. The van der Waals surface area contributed by atoms with E-state index in [-0.39, 0.29) is 27.5 Å². The number of fused-ring (bicyclic) bond motifs is 1. The van der Waals surface area contributed by atoms with E-state index in [0.29, 0.717) is 18.1 Å². The van der Waals surface area contributed by atoms with Gasteiger partial charge in [0, 0.05) is 26.3 Å². The fraction of sp³-hybridized carbons (Fsp3) is 0.300. The van der Waals surface area contributed by atoms with Crippen molar-refractivity contribution in [2.45, 2.75) is 24.3 Å². The second-order valence-corrected chi connectivity index (χ2v) is 9.59. The van der Waals surface area contributed by atoms with Crippen LogP contribution in [-0.2, 0) is 28.4 Å². The molecule has 1 amide bonds. The molecule has 1 saturated heterocycles. The molecule has 0 radical (unpaired) electrons. The van der Waals surface area contributed by atoms with E-state index in [1.54, 1.807) is 4.90 Å². The summed E-state index contributed by atoms with van der Waals surface area (Å²) in [6.07, 6.45) is 3.06. The van der Waals surface area contributed by atoms with Crippen LogP contribution in [0.15, 0.2) is 51.0 Å². The van der Waals surface area contributed by atoms with Crippen molar-refractivity contribution >= 4 is 44.3 Å². The number of halogens is 1. The summed E-state index contributed by atoms with van der Waals surface area (Å²) in [4.78, 5) is 43.6. The van der Waals surface area contributed by atoms with Gasteiger partial charge in [-0.1, -0.05) is 11.6 Å². The van der Waals surface area contributed by atoms with Crippen LogP contribution in [0.1, 0.15) is 12.8 Å². The van der Waals surface area contributed by atoms with Crippen LogP contribution in [0.4, 0.5) is 5.82 Å². The molecule has 3 aromatic rings. The fourth-order valence-electron chi connectivity index (χ4n) is 3.64. The Morgan fingerprint density at radius 1 is 1.16 bits per heavy atom. The van der Waals surface area contributed by atoms with Gasteiger partial charge in [0.1, 0.15) is 12.4 Å². The van der Waals surface area contributed by atoms with E-state index in [1.165, 1.54) is 48.1 Å². The number of rotatable bonds is 5. The Balaban J connectivity index is 1.75. The third-order valence-electron chi connectivity index (χ3n) is 5.35. The first-order chi connectivity index (χ1) is 15.2. The number of sulfonamides is 1. The molecule has 3 heterocycles. The Hall–Kier alpha value is -3.18. The quantitative estimate of drug-likeness (QED) is 0.588. The van der Waals surface area contributed by atoms with Crippen molar-refractivity contribution in [3.05, 3.63) is 62.4 Å². The number of amides is 1. The van der Waals surface area contributed by atoms with Gasteiger partial charge in [0.15, 0.2) is 0 Å².